The van der Waals surface area contributed by atoms with Gasteiger partial charge in [0.25, 0.3) is 0 Å². The lowest BCUT2D eigenvalue weighted by Crippen LogP contribution is -2.43. The molecule has 1 saturated heterocycles. The van der Waals surface area contributed by atoms with Crippen LogP contribution in [0.2, 0.25) is 0 Å². The molecule has 2 aliphatic rings. The fourth-order valence-electron chi connectivity index (χ4n) is 4.56. The average Bonchev–Trinajstić information content (AvgIpc) is 3.43. The topological polar surface area (TPSA) is 99.1 Å². The highest BCUT2D eigenvalue weighted by molar-refractivity contribution is 7.80. The third-order valence-electron chi connectivity index (χ3n) is 5.78. The average molecular weight is 416 g/mol. The minimum Gasteiger partial charge on any atom is -0.493 e. The molecule has 0 spiro atoms. The van der Waals surface area contributed by atoms with Gasteiger partial charge in [-0.15, -0.1) is 6.42 Å². The van der Waals surface area contributed by atoms with E-state index < -0.39 is 0 Å². The van der Waals surface area contributed by atoms with Crippen LogP contribution in [0, 0.1) is 23.7 Å². The molecule has 8 nitrogen and oxygen atoms in total. The number of aromatic hydroxyl groups is 1. The number of imidazole rings is 1. The third-order valence-corrected chi connectivity index (χ3v) is 6.16. The molecule has 2 bridgehead atoms. The first kappa shape index (κ1) is 18.2. The fourth-order valence-corrected chi connectivity index (χ4v) is 4.83. The van der Waals surface area contributed by atoms with Crippen LogP contribution < -0.4 is 11.0 Å². The summed E-state index contributed by atoms with van der Waals surface area (Å²) in [5.41, 5.74) is 0.918. The zero-order valence-corrected chi connectivity index (χ0v) is 16.6. The van der Waals surface area contributed by atoms with E-state index in [2.05, 4.69) is 22.3 Å². The maximum absolute atomic E-state index is 13.3. The molecule has 1 fully saturated rings. The molecule has 1 aromatic carbocycles. The molecule has 0 aliphatic carbocycles. The third kappa shape index (κ3) is 2.36. The van der Waals surface area contributed by atoms with Crippen molar-refractivity contribution in [3.63, 3.8) is 0 Å². The molecule has 9 heteroatoms. The predicted octanol–water partition coefficient (Wildman–Crippen LogP) is 1.57. The van der Waals surface area contributed by atoms with Gasteiger partial charge in [-0.25, -0.2) is 14.3 Å². The van der Waals surface area contributed by atoms with Gasteiger partial charge in [0.1, 0.15) is 17.5 Å². The maximum atomic E-state index is 13.3. The van der Waals surface area contributed by atoms with Gasteiger partial charge in [0, 0.05) is 17.3 Å². The number of nitrogens with zero attached hydrogens (tertiary/aromatic N) is 5. The summed E-state index contributed by atoms with van der Waals surface area (Å²) in [4.78, 5) is 19.5. The molecule has 2 aromatic heterocycles. The molecule has 2 atom stereocenters. The van der Waals surface area contributed by atoms with Gasteiger partial charge >= 0.3 is 5.69 Å². The molecule has 148 valence electrons. The number of nitriles is 1. The number of thiocarbonyl (C=S) groups is 1. The highest BCUT2D eigenvalue weighted by Crippen LogP contribution is 2.48. The number of pyridine rings is 1. The van der Waals surface area contributed by atoms with Crippen molar-refractivity contribution in [3.8, 4) is 30.0 Å². The molecule has 2 N–H and O–H groups in total. The molecule has 3 aromatic rings. The Labute approximate surface area is 177 Å². The van der Waals surface area contributed by atoms with E-state index in [-0.39, 0.29) is 29.3 Å². The number of nitrogens with one attached hydrogen (secondary N) is 1. The van der Waals surface area contributed by atoms with E-state index in [1.165, 1.54) is 10.8 Å². The SMILES string of the molecule is C#CCNC(=S)N1C[C@@H]2C[C@H]1c1c(O)n(-c3cnc(C#N)c4ccccc34)c(=O)n12. The molecule has 0 unspecified atom stereocenters. The van der Waals surface area contributed by atoms with Crippen LogP contribution in [0.4, 0.5) is 0 Å². The van der Waals surface area contributed by atoms with Crippen molar-refractivity contribution < 1.29 is 5.11 Å². The van der Waals surface area contributed by atoms with E-state index in [0.29, 0.717) is 46.8 Å². The van der Waals surface area contributed by atoms with Gasteiger partial charge < -0.3 is 15.3 Å². The van der Waals surface area contributed by atoms with E-state index in [0.717, 1.165) is 0 Å². The normalized spacial score (nSPS) is 18.8. The summed E-state index contributed by atoms with van der Waals surface area (Å²) < 4.78 is 2.92. The second kappa shape index (κ2) is 6.61. The molecule has 5 rings (SSSR count). The van der Waals surface area contributed by atoms with Crippen LogP contribution in [0.15, 0.2) is 35.3 Å². The Hall–Kier alpha value is -3.82. The number of hydrogen-bond donors (Lipinski definition) is 2. The summed E-state index contributed by atoms with van der Waals surface area (Å²) in [5, 5.41) is 25.3. The minimum absolute atomic E-state index is 0.0900. The second-order valence-electron chi connectivity index (χ2n) is 7.27. The summed E-state index contributed by atoms with van der Waals surface area (Å²) in [6.45, 7) is 0.888. The Bertz CT molecular complexity index is 1360. The summed E-state index contributed by atoms with van der Waals surface area (Å²) in [5.74, 6) is 2.36. The van der Waals surface area contributed by atoms with Gasteiger partial charge in [-0.1, -0.05) is 30.2 Å². The van der Waals surface area contributed by atoms with Crippen LogP contribution in [0.3, 0.4) is 0 Å². The minimum atomic E-state index is -0.325. The Balaban J connectivity index is 1.66. The van der Waals surface area contributed by atoms with Crippen molar-refractivity contribution in [3.05, 3.63) is 52.3 Å². The van der Waals surface area contributed by atoms with E-state index in [4.69, 9.17) is 18.6 Å². The van der Waals surface area contributed by atoms with Crippen LogP contribution in [0.1, 0.15) is 29.9 Å². The van der Waals surface area contributed by atoms with Gasteiger partial charge in [-0.3, -0.25) is 4.57 Å². The van der Waals surface area contributed by atoms with Crippen LogP contribution in [0.5, 0.6) is 5.88 Å². The number of hydrogen-bond acceptors (Lipinski definition) is 5. The fraction of sp³-hybridized carbons (Fsp3) is 0.238. The zero-order chi connectivity index (χ0) is 21.0. The standard InChI is InChI=1S/C21H16N6O2S/c1-2-7-23-20(30)25-11-12-8-16(25)18-19(28)27(21(29)26(12)18)17-10-24-15(9-22)13-5-3-4-6-14(13)17/h1,3-6,10,12,16,28H,7-8,11H2,(H,23,30)/t12-,16-/m0/s1. The van der Waals surface area contributed by atoms with Gasteiger partial charge in [0.15, 0.2) is 5.11 Å². The predicted molar refractivity (Wildman–Crippen MR) is 114 cm³/mol. The first-order valence-corrected chi connectivity index (χ1v) is 9.80. The quantitative estimate of drug-likeness (QED) is 0.483. The summed E-state index contributed by atoms with van der Waals surface area (Å²) in [7, 11) is 0. The first-order chi connectivity index (χ1) is 14.6. The number of aromatic nitrogens is 3. The Morgan fingerprint density at radius 2 is 2.17 bits per heavy atom. The van der Waals surface area contributed by atoms with Crippen molar-refractivity contribution in [2.24, 2.45) is 0 Å². The summed E-state index contributed by atoms with van der Waals surface area (Å²) in [6.07, 6.45) is 7.45. The molecular weight excluding hydrogens is 400 g/mol. The Morgan fingerprint density at radius 3 is 2.90 bits per heavy atom. The molecule has 2 aliphatic heterocycles. The highest BCUT2D eigenvalue weighted by Gasteiger charge is 2.48. The number of rotatable bonds is 2. The maximum Gasteiger partial charge on any atom is 0.336 e. The monoisotopic (exact) mass is 416 g/mol. The number of fused-ring (bicyclic) bond motifs is 6. The number of terminal acetylenes is 1. The lowest BCUT2D eigenvalue weighted by Gasteiger charge is -2.29. The molecule has 0 radical (unpaired) electrons. The van der Waals surface area contributed by atoms with E-state index in [1.807, 2.05) is 17.0 Å². The summed E-state index contributed by atoms with van der Waals surface area (Å²) in [6, 6.07) is 8.98. The van der Waals surface area contributed by atoms with Crippen LogP contribution in [-0.4, -0.2) is 42.3 Å². The van der Waals surface area contributed by atoms with Crippen molar-refractivity contribution in [2.75, 3.05) is 13.1 Å². The zero-order valence-electron chi connectivity index (χ0n) is 15.7. The van der Waals surface area contributed by atoms with Gasteiger partial charge in [-0.05, 0) is 18.6 Å². The Morgan fingerprint density at radius 1 is 1.40 bits per heavy atom. The van der Waals surface area contributed by atoms with Crippen LogP contribution in [-0.2, 0) is 0 Å². The molecule has 30 heavy (non-hydrogen) atoms. The Kier molecular flexibility index (Phi) is 4.02. The second-order valence-corrected chi connectivity index (χ2v) is 7.65. The molecule has 0 amide bonds. The van der Waals surface area contributed by atoms with E-state index >= 15 is 0 Å². The van der Waals surface area contributed by atoms with Crippen LogP contribution >= 0.6 is 12.2 Å². The van der Waals surface area contributed by atoms with Crippen molar-refractivity contribution in [2.45, 2.75) is 18.5 Å². The smallest absolute Gasteiger partial charge is 0.336 e. The highest BCUT2D eigenvalue weighted by atomic mass is 32.1. The van der Waals surface area contributed by atoms with E-state index in [1.54, 1.807) is 16.7 Å². The largest absolute Gasteiger partial charge is 0.493 e. The van der Waals surface area contributed by atoms with Gasteiger partial charge in [0.2, 0.25) is 5.88 Å². The summed E-state index contributed by atoms with van der Waals surface area (Å²) >= 11 is 5.44. The van der Waals surface area contributed by atoms with Crippen molar-refractivity contribution in [1.82, 2.24) is 24.3 Å². The first-order valence-electron chi connectivity index (χ1n) is 9.39. The lowest BCUT2D eigenvalue weighted by atomic mass is 10.1. The van der Waals surface area contributed by atoms with E-state index in [9.17, 15) is 15.2 Å². The van der Waals surface area contributed by atoms with Crippen molar-refractivity contribution >= 4 is 28.1 Å². The lowest BCUT2D eigenvalue weighted by molar-refractivity contribution is 0.334. The molecular formula is C21H16N6O2S. The van der Waals surface area contributed by atoms with Gasteiger partial charge in [-0.2, -0.15) is 5.26 Å². The van der Waals surface area contributed by atoms with Gasteiger partial charge in [0.05, 0.1) is 30.5 Å². The molecule has 0 saturated carbocycles. The van der Waals surface area contributed by atoms with Crippen LogP contribution in [0.25, 0.3) is 16.5 Å². The number of benzene rings is 1. The molecule has 4 heterocycles. The van der Waals surface area contributed by atoms with Crippen molar-refractivity contribution in [1.29, 1.82) is 5.26 Å². The number of likely N-dealkylation sites (tertiary alicyclic amines) is 1.